The molecular weight excluding hydrogens is 422 g/mol. The molecule has 168 valence electrons. The molecule has 8 heteroatoms. The molecule has 0 aliphatic heterocycles. The molecule has 3 rings (SSSR count). The number of anilines is 1. The van der Waals surface area contributed by atoms with Gasteiger partial charge in [-0.2, -0.15) is 0 Å². The minimum atomic E-state index is -0.307. The number of hydrogen-bond acceptors (Lipinski definition) is 5. The van der Waals surface area contributed by atoms with Crippen molar-refractivity contribution in [1.29, 1.82) is 0 Å². The maximum absolute atomic E-state index is 12.7. The Hall–Kier alpha value is -3.13. The molecule has 0 saturated carbocycles. The summed E-state index contributed by atoms with van der Waals surface area (Å²) in [6, 6.07) is 14.6. The van der Waals surface area contributed by atoms with Gasteiger partial charge in [-0.05, 0) is 55.2 Å². The van der Waals surface area contributed by atoms with Gasteiger partial charge < -0.3 is 15.2 Å². The van der Waals surface area contributed by atoms with Gasteiger partial charge in [0.2, 0.25) is 5.91 Å². The number of rotatable bonds is 8. The molecule has 0 spiro atoms. The smallest absolute Gasteiger partial charge is 0.251 e. The van der Waals surface area contributed by atoms with Crippen LogP contribution in [0.4, 0.5) is 5.69 Å². The molecule has 3 aromatic rings. The molecule has 1 unspecified atom stereocenters. The molecule has 0 bridgehead atoms. The van der Waals surface area contributed by atoms with Crippen molar-refractivity contribution in [3.05, 3.63) is 71.0 Å². The first-order valence-corrected chi connectivity index (χ1v) is 11.5. The van der Waals surface area contributed by atoms with Crippen molar-refractivity contribution >= 4 is 29.3 Å². The quantitative estimate of drug-likeness (QED) is 0.499. The Morgan fingerprint density at radius 3 is 2.41 bits per heavy atom. The van der Waals surface area contributed by atoms with Crippen LogP contribution in [0.1, 0.15) is 47.2 Å². The molecule has 1 aromatic heterocycles. The van der Waals surface area contributed by atoms with Crippen LogP contribution in [0.25, 0.3) is 0 Å². The fourth-order valence-corrected chi connectivity index (χ4v) is 3.93. The van der Waals surface area contributed by atoms with Crippen LogP contribution in [-0.2, 0) is 11.8 Å². The third kappa shape index (κ3) is 5.76. The average molecular weight is 452 g/mol. The Morgan fingerprint density at radius 1 is 1.03 bits per heavy atom. The topological polar surface area (TPSA) is 88.9 Å². The summed E-state index contributed by atoms with van der Waals surface area (Å²) in [4.78, 5) is 25.1. The van der Waals surface area contributed by atoms with E-state index in [2.05, 4.69) is 20.8 Å². The van der Waals surface area contributed by atoms with E-state index in [1.165, 1.54) is 17.3 Å². The SMILES string of the molecule is Cc1ccc(NC(=O)CSc2nnc(C(NC(=O)c3ccccc3)C(C)C)n2C)cc1C. The highest BCUT2D eigenvalue weighted by molar-refractivity contribution is 7.99. The van der Waals surface area contributed by atoms with Gasteiger partial charge in [0.15, 0.2) is 11.0 Å². The summed E-state index contributed by atoms with van der Waals surface area (Å²) in [5.74, 6) is 0.703. The van der Waals surface area contributed by atoms with Crippen LogP contribution in [0.2, 0.25) is 0 Å². The Bertz CT molecular complexity index is 1100. The second-order valence-corrected chi connectivity index (χ2v) is 9.04. The van der Waals surface area contributed by atoms with E-state index in [0.29, 0.717) is 16.5 Å². The van der Waals surface area contributed by atoms with Gasteiger partial charge in [0.25, 0.3) is 5.91 Å². The number of aryl methyl sites for hydroxylation is 2. The van der Waals surface area contributed by atoms with Gasteiger partial charge in [-0.15, -0.1) is 10.2 Å². The van der Waals surface area contributed by atoms with Crippen LogP contribution >= 0.6 is 11.8 Å². The second-order valence-electron chi connectivity index (χ2n) is 8.10. The number of carbonyl (C=O) groups excluding carboxylic acids is 2. The largest absolute Gasteiger partial charge is 0.342 e. The third-order valence-electron chi connectivity index (χ3n) is 5.26. The minimum absolute atomic E-state index is 0.108. The van der Waals surface area contributed by atoms with E-state index >= 15 is 0 Å². The van der Waals surface area contributed by atoms with Crippen molar-refractivity contribution in [3.8, 4) is 0 Å². The van der Waals surface area contributed by atoms with E-state index in [1.54, 1.807) is 12.1 Å². The maximum Gasteiger partial charge on any atom is 0.251 e. The van der Waals surface area contributed by atoms with Crippen molar-refractivity contribution in [1.82, 2.24) is 20.1 Å². The number of aromatic nitrogens is 3. The molecule has 2 N–H and O–H groups in total. The fourth-order valence-electron chi connectivity index (χ4n) is 3.21. The fraction of sp³-hybridized carbons (Fsp3) is 0.333. The molecule has 2 amide bonds. The molecule has 0 aliphatic carbocycles. The highest BCUT2D eigenvalue weighted by Crippen LogP contribution is 2.24. The molecule has 32 heavy (non-hydrogen) atoms. The Balaban J connectivity index is 1.65. The Kier molecular flexibility index (Phi) is 7.69. The lowest BCUT2D eigenvalue weighted by atomic mass is 10.0. The van der Waals surface area contributed by atoms with Crippen LogP contribution in [0.15, 0.2) is 53.7 Å². The summed E-state index contributed by atoms with van der Waals surface area (Å²) >= 11 is 1.31. The number of thioether (sulfide) groups is 1. The second kappa shape index (κ2) is 10.5. The number of nitrogens with zero attached hydrogens (tertiary/aromatic N) is 3. The van der Waals surface area contributed by atoms with E-state index in [4.69, 9.17) is 0 Å². The van der Waals surface area contributed by atoms with E-state index in [1.807, 2.05) is 75.7 Å². The lowest BCUT2D eigenvalue weighted by molar-refractivity contribution is -0.113. The number of hydrogen-bond donors (Lipinski definition) is 2. The number of carbonyl (C=O) groups is 2. The van der Waals surface area contributed by atoms with E-state index in [-0.39, 0.29) is 29.5 Å². The van der Waals surface area contributed by atoms with Crippen molar-refractivity contribution in [3.63, 3.8) is 0 Å². The molecule has 1 heterocycles. The molecule has 0 fully saturated rings. The van der Waals surface area contributed by atoms with Crippen molar-refractivity contribution in [2.75, 3.05) is 11.1 Å². The predicted octanol–water partition coefficient (Wildman–Crippen LogP) is 4.29. The summed E-state index contributed by atoms with van der Waals surface area (Å²) in [5.41, 5.74) is 3.69. The number of benzene rings is 2. The number of nitrogens with one attached hydrogen (secondary N) is 2. The van der Waals surface area contributed by atoms with Gasteiger partial charge in [-0.3, -0.25) is 9.59 Å². The summed E-state index contributed by atoms with van der Waals surface area (Å²) in [7, 11) is 1.85. The zero-order valence-corrected chi connectivity index (χ0v) is 19.9. The van der Waals surface area contributed by atoms with Gasteiger partial charge in [0, 0.05) is 18.3 Å². The van der Waals surface area contributed by atoms with Gasteiger partial charge in [0.05, 0.1) is 11.8 Å². The van der Waals surface area contributed by atoms with Gasteiger partial charge in [-0.25, -0.2) is 0 Å². The Morgan fingerprint density at radius 2 is 1.75 bits per heavy atom. The first-order chi connectivity index (χ1) is 15.3. The third-order valence-corrected chi connectivity index (χ3v) is 6.28. The molecule has 0 saturated heterocycles. The number of amides is 2. The normalized spacial score (nSPS) is 11.9. The first kappa shape index (κ1) is 23.5. The molecule has 0 aliphatic rings. The zero-order chi connectivity index (χ0) is 23.3. The molecule has 7 nitrogen and oxygen atoms in total. The maximum atomic E-state index is 12.7. The monoisotopic (exact) mass is 451 g/mol. The lowest BCUT2D eigenvalue weighted by Crippen LogP contribution is -2.33. The van der Waals surface area contributed by atoms with E-state index in [0.717, 1.165) is 11.3 Å². The molecular formula is C24H29N5O2S. The lowest BCUT2D eigenvalue weighted by Gasteiger charge is -2.21. The molecule has 0 radical (unpaired) electrons. The first-order valence-electron chi connectivity index (χ1n) is 10.5. The molecule has 1 atom stereocenters. The zero-order valence-electron chi connectivity index (χ0n) is 19.0. The average Bonchev–Trinajstić information content (AvgIpc) is 3.13. The minimum Gasteiger partial charge on any atom is -0.342 e. The van der Waals surface area contributed by atoms with Crippen LogP contribution in [0, 0.1) is 19.8 Å². The predicted molar refractivity (Wildman–Crippen MR) is 128 cm³/mol. The van der Waals surface area contributed by atoms with Gasteiger partial charge in [-0.1, -0.05) is 49.9 Å². The summed E-state index contributed by atoms with van der Waals surface area (Å²) in [5, 5.41) is 15.2. The van der Waals surface area contributed by atoms with Gasteiger partial charge >= 0.3 is 0 Å². The van der Waals surface area contributed by atoms with Crippen LogP contribution in [0.3, 0.4) is 0 Å². The summed E-state index contributed by atoms with van der Waals surface area (Å²) < 4.78 is 1.84. The summed E-state index contributed by atoms with van der Waals surface area (Å²) in [6.07, 6.45) is 0. The standard InChI is InChI=1S/C24H29N5O2S/c1-15(2)21(26-23(31)18-9-7-6-8-10-18)22-27-28-24(29(22)5)32-14-20(30)25-19-12-11-16(3)17(4)13-19/h6-13,15,21H,14H2,1-5H3,(H,25,30)(H,26,31). The van der Waals surface area contributed by atoms with Crippen LogP contribution < -0.4 is 10.6 Å². The Labute approximate surface area is 193 Å². The highest BCUT2D eigenvalue weighted by atomic mass is 32.2. The van der Waals surface area contributed by atoms with Crippen molar-refractivity contribution < 1.29 is 9.59 Å². The van der Waals surface area contributed by atoms with Crippen LogP contribution in [0.5, 0.6) is 0 Å². The van der Waals surface area contributed by atoms with Crippen molar-refractivity contribution in [2.45, 2.75) is 38.9 Å². The highest BCUT2D eigenvalue weighted by Gasteiger charge is 2.25. The van der Waals surface area contributed by atoms with E-state index in [9.17, 15) is 9.59 Å². The van der Waals surface area contributed by atoms with E-state index < -0.39 is 0 Å². The van der Waals surface area contributed by atoms with Gasteiger partial charge in [0.1, 0.15) is 0 Å². The van der Waals surface area contributed by atoms with Crippen LogP contribution in [-0.4, -0.2) is 32.3 Å². The summed E-state index contributed by atoms with van der Waals surface area (Å²) in [6.45, 7) is 8.10. The molecule has 2 aromatic carbocycles. The van der Waals surface area contributed by atoms with Crippen molar-refractivity contribution in [2.24, 2.45) is 13.0 Å².